The lowest BCUT2D eigenvalue weighted by Crippen LogP contribution is -2.52. The van der Waals surface area contributed by atoms with Crippen molar-refractivity contribution < 1.29 is 13.5 Å². The normalized spacial score (nSPS) is 20.7. The van der Waals surface area contributed by atoms with Crippen molar-refractivity contribution in [3.63, 3.8) is 0 Å². The van der Waals surface area contributed by atoms with Gasteiger partial charge in [0.1, 0.15) is 0 Å². The van der Waals surface area contributed by atoms with E-state index in [0.717, 1.165) is 0 Å². The highest BCUT2D eigenvalue weighted by molar-refractivity contribution is 7.89. The van der Waals surface area contributed by atoms with Crippen molar-refractivity contribution in [2.45, 2.75) is 17.9 Å². The topological polar surface area (TPSA) is 82.5 Å². The summed E-state index contributed by atoms with van der Waals surface area (Å²) in [5, 5.41) is 13.9. The second kappa shape index (κ2) is 5.25. The zero-order valence-electron chi connectivity index (χ0n) is 11.7. The van der Waals surface area contributed by atoms with Crippen molar-refractivity contribution >= 4 is 20.8 Å². The summed E-state index contributed by atoms with van der Waals surface area (Å²) < 4.78 is 27.3. The molecule has 1 saturated heterocycles. The highest BCUT2D eigenvalue weighted by atomic mass is 32.2. The molecule has 0 saturated carbocycles. The monoisotopic (exact) mass is 307 g/mol. The van der Waals surface area contributed by atoms with Crippen LogP contribution in [0.2, 0.25) is 0 Å². The van der Waals surface area contributed by atoms with Gasteiger partial charge in [0.25, 0.3) is 0 Å². The summed E-state index contributed by atoms with van der Waals surface area (Å²) in [6, 6.07) is 6.39. The number of benzene rings is 1. The number of aromatic hydroxyl groups is 1. The molecular weight excluding hydrogens is 290 g/mol. The molecule has 0 amide bonds. The molecule has 1 atom stereocenters. The molecular formula is C14H17N3O3S. The van der Waals surface area contributed by atoms with E-state index in [0.29, 0.717) is 30.4 Å². The second-order valence-corrected chi connectivity index (χ2v) is 7.01. The summed E-state index contributed by atoms with van der Waals surface area (Å²) in [5.41, 5.74) is 0. The predicted octanol–water partition coefficient (Wildman–Crippen LogP) is 0.923. The lowest BCUT2D eigenvalue weighted by Gasteiger charge is -2.33. The molecule has 2 heterocycles. The number of hydrogen-bond donors (Lipinski definition) is 2. The third-order valence-electron chi connectivity index (χ3n) is 3.77. The van der Waals surface area contributed by atoms with Crippen LogP contribution in [0.25, 0.3) is 10.8 Å². The van der Waals surface area contributed by atoms with Crippen molar-refractivity contribution in [3.05, 3.63) is 30.5 Å². The van der Waals surface area contributed by atoms with Crippen molar-refractivity contribution in [3.8, 4) is 5.88 Å². The molecule has 0 spiro atoms. The van der Waals surface area contributed by atoms with Crippen LogP contribution in [0.1, 0.15) is 6.92 Å². The third kappa shape index (κ3) is 2.37. The molecule has 112 valence electrons. The maximum atomic E-state index is 12.9. The standard InChI is InChI=1S/C14H17N3O3S/c1-10-9-15-7-8-17(10)21(19,20)13-4-2-3-12-11(13)5-6-16-14(12)18/h2-6,10,15H,7-9H2,1H3,(H,16,18). The number of nitrogens with zero attached hydrogens (tertiary/aromatic N) is 2. The fourth-order valence-electron chi connectivity index (χ4n) is 2.69. The minimum atomic E-state index is -3.60. The number of hydrogen-bond acceptors (Lipinski definition) is 5. The summed E-state index contributed by atoms with van der Waals surface area (Å²) in [7, 11) is -3.60. The van der Waals surface area contributed by atoms with Crippen molar-refractivity contribution in [2.24, 2.45) is 0 Å². The van der Waals surface area contributed by atoms with Gasteiger partial charge in [0.05, 0.1) is 4.90 Å². The van der Waals surface area contributed by atoms with E-state index in [1.54, 1.807) is 24.3 Å². The van der Waals surface area contributed by atoms with Gasteiger partial charge in [0.2, 0.25) is 15.9 Å². The highest BCUT2D eigenvalue weighted by Gasteiger charge is 2.32. The van der Waals surface area contributed by atoms with E-state index in [9.17, 15) is 13.5 Å². The third-order valence-corrected chi connectivity index (χ3v) is 5.84. The van der Waals surface area contributed by atoms with Crippen molar-refractivity contribution in [1.82, 2.24) is 14.6 Å². The van der Waals surface area contributed by atoms with Crippen LogP contribution >= 0.6 is 0 Å². The lowest BCUT2D eigenvalue weighted by molar-refractivity contribution is 0.284. The van der Waals surface area contributed by atoms with E-state index in [2.05, 4.69) is 10.3 Å². The summed E-state index contributed by atoms with van der Waals surface area (Å²) in [6.07, 6.45) is 1.41. The molecule has 7 heteroatoms. The van der Waals surface area contributed by atoms with Gasteiger partial charge in [-0.2, -0.15) is 4.31 Å². The Labute approximate surface area is 123 Å². The van der Waals surface area contributed by atoms with Crippen LogP contribution in [0, 0.1) is 0 Å². The van der Waals surface area contributed by atoms with Gasteiger partial charge in [0.15, 0.2) is 0 Å². The molecule has 0 bridgehead atoms. The average molecular weight is 307 g/mol. The lowest BCUT2D eigenvalue weighted by atomic mass is 10.2. The molecule has 1 fully saturated rings. The van der Waals surface area contributed by atoms with E-state index in [4.69, 9.17) is 0 Å². The van der Waals surface area contributed by atoms with Gasteiger partial charge in [-0.15, -0.1) is 0 Å². The first-order valence-electron chi connectivity index (χ1n) is 6.81. The van der Waals surface area contributed by atoms with Crippen LogP contribution in [-0.4, -0.2) is 48.5 Å². The highest BCUT2D eigenvalue weighted by Crippen LogP contribution is 2.30. The number of fused-ring (bicyclic) bond motifs is 1. The summed E-state index contributed by atoms with van der Waals surface area (Å²) in [4.78, 5) is 4.01. The zero-order chi connectivity index (χ0) is 15.0. The Bertz CT molecular complexity index is 776. The largest absolute Gasteiger partial charge is 0.493 e. The molecule has 0 radical (unpaired) electrons. The molecule has 2 aromatic rings. The van der Waals surface area contributed by atoms with Gasteiger partial charge in [0, 0.05) is 42.6 Å². The van der Waals surface area contributed by atoms with Gasteiger partial charge >= 0.3 is 0 Å². The van der Waals surface area contributed by atoms with Crippen LogP contribution in [-0.2, 0) is 10.0 Å². The number of pyridine rings is 1. The molecule has 1 aromatic heterocycles. The van der Waals surface area contributed by atoms with Crippen molar-refractivity contribution in [1.29, 1.82) is 0 Å². The molecule has 21 heavy (non-hydrogen) atoms. The number of piperazine rings is 1. The number of rotatable bonds is 2. The Balaban J connectivity index is 2.17. The van der Waals surface area contributed by atoms with Gasteiger partial charge < -0.3 is 10.4 Å². The maximum Gasteiger partial charge on any atom is 0.244 e. The Morgan fingerprint density at radius 3 is 2.90 bits per heavy atom. The Morgan fingerprint density at radius 1 is 1.33 bits per heavy atom. The molecule has 1 aromatic carbocycles. The minimum Gasteiger partial charge on any atom is -0.493 e. The fraction of sp³-hybridized carbons (Fsp3) is 0.357. The number of aromatic nitrogens is 1. The van der Waals surface area contributed by atoms with Gasteiger partial charge in [-0.25, -0.2) is 13.4 Å². The van der Waals surface area contributed by atoms with Crippen LogP contribution in [0.15, 0.2) is 35.4 Å². The molecule has 1 aliphatic rings. The quantitative estimate of drug-likeness (QED) is 0.862. The van der Waals surface area contributed by atoms with E-state index >= 15 is 0 Å². The maximum absolute atomic E-state index is 12.9. The second-order valence-electron chi connectivity index (χ2n) is 5.15. The summed E-state index contributed by atoms with van der Waals surface area (Å²) in [5.74, 6) is -0.155. The molecule has 1 unspecified atom stereocenters. The van der Waals surface area contributed by atoms with Crippen molar-refractivity contribution in [2.75, 3.05) is 19.6 Å². The molecule has 6 nitrogen and oxygen atoms in total. The number of sulfonamides is 1. The van der Waals surface area contributed by atoms with Crippen LogP contribution in [0.5, 0.6) is 5.88 Å². The first-order valence-corrected chi connectivity index (χ1v) is 8.25. The van der Waals surface area contributed by atoms with Gasteiger partial charge in [-0.3, -0.25) is 0 Å². The first kappa shape index (κ1) is 14.2. The predicted molar refractivity (Wildman–Crippen MR) is 79.6 cm³/mol. The Hall–Kier alpha value is -1.70. The molecule has 2 N–H and O–H groups in total. The Kier molecular flexibility index (Phi) is 3.56. The molecule has 0 aliphatic carbocycles. The van der Waals surface area contributed by atoms with Crippen LogP contribution < -0.4 is 5.32 Å². The van der Waals surface area contributed by atoms with Gasteiger partial charge in [-0.1, -0.05) is 6.07 Å². The van der Waals surface area contributed by atoms with E-state index in [-0.39, 0.29) is 16.8 Å². The Morgan fingerprint density at radius 2 is 2.14 bits per heavy atom. The summed E-state index contributed by atoms with van der Waals surface area (Å²) >= 11 is 0. The molecule has 3 rings (SSSR count). The smallest absolute Gasteiger partial charge is 0.244 e. The zero-order valence-corrected chi connectivity index (χ0v) is 12.5. The van der Waals surface area contributed by atoms with E-state index < -0.39 is 10.0 Å². The SMILES string of the molecule is CC1CNCCN1S(=O)(=O)c1cccc2c(O)nccc12. The van der Waals surface area contributed by atoms with Crippen LogP contribution in [0.4, 0.5) is 0 Å². The minimum absolute atomic E-state index is 0.102. The fourth-order valence-corrected chi connectivity index (χ4v) is 4.53. The van der Waals surface area contributed by atoms with Crippen LogP contribution in [0.3, 0.4) is 0 Å². The molecule has 1 aliphatic heterocycles. The average Bonchev–Trinajstić information content (AvgIpc) is 2.47. The van der Waals surface area contributed by atoms with E-state index in [1.807, 2.05) is 6.92 Å². The first-order chi connectivity index (χ1) is 10.0. The number of nitrogens with one attached hydrogen (secondary N) is 1. The summed E-state index contributed by atoms with van der Waals surface area (Å²) in [6.45, 7) is 3.60. The van der Waals surface area contributed by atoms with Gasteiger partial charge in [-0.05, 0) is 25.1 Å². The van der Waals surface area contributed by atoms with E-state index in [1.165, 1.54) is 10.5 Å².